The summed E-state index contributed by atoms with van der Waals surface area (Å²) in [6.45, 7) is 1.48. The fourth-order valence-electron chi connectivity index (χ4n) is 2.21. The van der Waals surface area contributed by atoms with Crippen LogP contribution in [0.5, 0.6) is 5.75 Å². The van der Waals surface area contributed by atoms with Crippen molar-refractivity contribution in [2.75, 3.05) is 19.8 Å². The Morgan fingerprint density at radius 3 is 2.89 bits per heavy atom. The predicted molar refractivity (Wildman–Crippen MR) is 67.4 cm³/mol. The maximum atomic E-state index is 12.1. The summed E-state index contributed by atoms with van der Waals surface area (Å²) in [5.41, 5.74) is 0.999. The molecule has 0 fully saturated rings. The van der Waals surface area contributed by atoms with Gasteiger partial charge in [0, 0.05) is 12.0 Å². The maximum Gasteiger partial charge on any atom is 0.290 e. The SMILES string of the molecule is O=C(NC1CCOc2ccccc21)C1=COCCO1. The molecule has 19 heavy (non-hydrogen) atoms. The fraction of sp³-hybridized carbons (Fsp3) is 0.357. The number of fused-ring (bicyclic) bond motifs is 1. The number of hydrogen-bond donors (Lipinski definition) is 1. The number of carbonyl (C=O) groups excluding carboxylic acids is 1. The van der Waals surface area contributed by atoms with Crippen LogP contribution in [-0.2, 0) is 14.3 Å². The van der Waals surface area contributed by atoms with E-state index in [9.17, 15) is 4.79 Å². The normalized spacial score (nSPS) is 21.1. The van der Waals surface area contributed by atoms with E-state index in [0.29, 0.717) is 19.8 Å². The van der Waals surface area contributed by atoms with Gasteiger partial charge in [0.2, 0.25) is 5.76 Å². The summed E-state index contributed by atoms with van der Waals surface area (Å²) in [4.78, 5) is 12.1. The molecule has 1 aromatic carbocycles. The average molecular weight is 261 g/mol. The molecule has 100 valence electrons. The number of benzene rings is 1. The number of rotatable bonds is 2. The van der Waals surface area contributed by atoms with Gasteiger partial charge in [-0.15, -0.1) is 0 Å². The van der Waals surface area contributed by atoms with Gasteiger partial charge in [-0.1, -0.05) is 18.2 Å². The molecule has 0 aliphatic carbocycles. The lowest BCUT2D eigenvalue weighted by atomic mass is 10.0. The minimum Gasteiger partial charge on any atom is -0.494 e. The molecule has 5 nitrogen and oxygen atoms in total. The highest BCUT2D eigenvalue weighted by molar-refractivity contribution is 5.91. The van der Waals surface area contributed by atoms with Crippen LogP contribution in [0.2, 0.25) is 0 Å². The molecule has 0 saturated heterocycles. The van der Waals surface area contributed by atoms with Gasteiger partial charge < -0.3 is 19.5 Å². The molecule has 0 spiro atoms. The smallest absolute Gasteiger partial charge is 0.290 e. The topological polar surface area (TPSA) is 56.8 Å². The van der Waals surface area contributed by atoms with Crippen molar-refractivity contribution in [3.8, 4) is 5.75 Å². The summed E-state index contributed by atoms with van der Waals surface area (Å²) < 4.78 is 15.9. The first-order valence-electron chi connectivity index (χ1n) is 6.32. The number of nitrogens with one attached hydrogen (secondary N) is 1. The van der Waals surface area contributed by atoms with E-state index in [2.05, 4.69) is 5.32 Å². The molecule has 1 unspecified atom stereocenters. The number of ether oxygens (including phenoxy) is 3. The first kappa shape index (κ1) is 11.9. The van der Waals surface area contributed by atoms with Crippen molar-refractivity contribution in [3.63, 3.8) is 0 Å². The van der Waals surface area contributed by atoms with Crippen molar-refractivity contribution in [2.24, 2.45) is 0 Å². The van der Waals surface area contributed by atoms with Crippen LogP contribution in [0.3, 0.4) is 0 Å². The number of carbonyl (C=O) groups is 1. The Labute approximate surface area is 111 Å². The molecular weight excluding hydrogens is 246 g/mol. The van der Waals surface area contributed by atoms with E-state index in [1.54, 1.807) is 0 Å². The van der Waals surface area contributed by atoms with Gasteiger partial charge in [-0.05, 0) is 6.07 Å². The molecule has 0 radical (unpaired) electrons. The van der Waals surface area contributed by atoms with E-state index in [1.807, 2.05) is 24.3 Å². The van der Waals surface area contributed by atoms with Gasteiger partial charge in [0.05, 0.1) is 12.6 Å². The second-order valence-electron chi connectivity index (χ2n) is 4.40. The maximum absolute atomic E-state index is 12.1. The molecule has 0 bridgehead atoms. The van der Waals surface area contributed by atoms with Gasteiger partial charge in [-0.25, -0.2) is 0 Å². The third-order valence-electron chi connectivity index (χ3n) is 3.14. The molecule has 1 aromatic rings. The first-order valence-corrected chi connectivity index (χ1v) is 6.32. The molecule has 2 aliphatic rings. The molecule has 2 aliphatic heterocycles. The number of amides is 1. The van der Waals surface area contributed by atoms with Crippen LogP contribution in [0, 0.1) is 0 Å². The van der Waals surface area contributed by atoms with E-state index in [4.69, 9.17) is 14.2 Å². The fourth-order valence-corrected chi connectivity index (χ4v) is 2.21. The minimum absolute atomic E-state index is 0.0520. The van der Waals surface area contributed by atoms with Crippen molar-refractivity contribution in [1.82, 2.24) is 5.32 Å². The first-order chi connectivity index (χ1) is 9.34. The Bertz CT molecular complexity index is 512. The Morgan fingerprint density at radius 1 is 1.16 bits per heavy atom. The summed E-state index contributed by atoms with van der Waals surface area (Å²) in [7, 11) is 0. The van der Waals surface area contributed by atoms with E-state index >= 15 is 0 Å². The standard InChI is InChI=1S/C14H15NO4/c16-14(13-9-17-7-8-19-13)15-11-5-6-18-12-4-2-1-3-10(11)12/h1-4,9,11H,5-8H2,(H,15,16). The lowest BCUT2D eigenvalue weighted by Gasteiger charge is -2.27. The Morgan fingerprint density at radius 2 is 2.05 bits per heavy atom. The summed E-state index contributed by atoms with van der Waals surface area (Å²) in [5, 5.41) is 2.95. The molecule has 2 heterocycles. The van der Waals surface area contributed by atoms with Gasteiger partial charge in [-0.3, -0.25) is 4.79 Å². The second kappa shape index (κ2) is 5.22. The number of hydrogen-bond acceptors (Lipinski definition) is 4. The zero-order chi connectivity index (χ0) is 13.1. The van der Waals surface area contributed by atoms with E-state index in [-0.39, 0.29) is 17.7 Å². The van der Waals surface area contributed by atoms with Crippen LogP contribution in [0.4, 0.5) is 0 Å². The number of para-hydroxylation sites is 1. The van der Waals surface area contributed by atoms with E-state index in [0.717, 1.165) is 17.7 Å². The molecular formula is C14H15NO4. The average Bonchev–Trinajstić information content (AvgIpc) is 2.48. The Hall–Kier alpha value is -2.17. The predicted octanol–water partition coefficient (Wildman–Crippen LogP) is 1.51. The van der Waals surface area contributed by atoms with Gasteiger partial charge in [-0.2, -0.15) is 0 Å². The van der Waals surface area contributed by atoms with Crippen LogP contribution in [0.25, 0.3) is 0 Å². The molecule has 0 aromatic heterocycles. The summed E-state index contributed by atoms with van der Waals surface area (Å²) in [6, 6.07) is 7.68. The van der Waals surface area contributed by atoms with Crippen molar-refractivity contribution < 1.29 is 19.0 Å². The molecule has 1 N–H and O–H groups in total. The zero-order valence-electron chi connectivity index (χ0n) is 10.4. The van der Waals surface area contributed by atoms with Gasteiger partial charge >= 0.3 is 0 Å². The van der Waals surface area contributed by atoms with E-state index < -0.39 is 0 Å². The highest BCUT2D eigenvalue weighted by Gasteiger charge is 2.25. The highest BCUT2D eigenvalue weighted by Crippen LogP contribution is 2.31. The van der Waals surface area contributed by atoms with Crippen LogP contribution >= 0.6 is 0 Å². The molecule has 1 amide bonds. The monoisotopic (exact) mass is 261 g/mol. The third kappa shape index (κ3) is 2.50. The summed E-state index contributed by atoms with van der Waals surface area (Å²) >= 11 is 0. The quantitative estimate of drug-likeness (QED) is 0.876. The largest absolute Gasteiger partial charge is 0.494 e. The van der Waals surface area contributed by atoms with Crippen molar-refractivity contribution in [2.45, 2.75) is 12.5 Å². The Kier molecular flexibility index (Phi) is 3.27. The van der Waals surface area contributed by atoms with Crippen molar-refractivity contribution >= 4 is 5.91 Å². The molecule has 3 rings (SSSR count). The highest BCUT2D eigenvalue weighted by atomic mass is 16.6. The third-order valence-corrected chi connectivity index (χ3v) is 3.14. The van der Waals surface area contributed by atoms with Crippen LogP contribution in [-0.4, -0.2) is 25.7 Å². The van der Waals surface area contributed by atoms with Crippen molar-refractivity contribution in [3.05, 3.63) is 41.9 Å². The van der Waals surface area contributed by atoms with Gasteiger partial charge in [0.1, 0.15) is 25.2 Å². The van der Waals surface area contributed by atoms with Crippen LogP contribution in [0.1, 0.15) is 18.0 Å². The minimum atomic E-state index is -0.249. The van der Waals surface area contributed by atoms with E-state index in [1.165, 1.54) is 6.26 Å². The van der Waals surface area contributed by atoms with Gasteiger partial charge in [0.25, 0.3) is 5.91 Å². The summed E-state index contributed by atoms with van der Waals surface area (Å²) in [5.74, 6) is 0.811. The molecule has 1 atom stereocenters. The lowest BCUT2D eigenvalue weighted by Crippen LogP contribution is -2.34. The second-order valence-corrected chi connectivity index (χ2v) is 4.40. The zero-order valence-corrected chi connectivity index (χ0v) is 10.4. The van der Waals surface area contributed by atoms with Crippen LogP contribution in [0.15, 0.2) is 36.3 Å². The van der Waals surface area contributed by atoms with Gasteiger partial charge in [0.15, 0.2) is 0 Å². The summed E-state index contributed by atoms with van der Waals surface area (Å²) in [6.07, 6.45) is 2.11. The lowest BCUT2D eigenvalue weighted by molar-refractivity contribution is -0.123. The van der Waals surface area contributed by atoms with Crippen LogP contribution < -0.4 is 10.1 Å². The Balaban J connectivity index is 1.74. The van der Waals surface area contributed by atoms with Crippen molar-refractivity contribution in [1.29, 1.82) is 0 Å². The molecule has 0 saturated carbocycles. The molecule has 5 heteroatoms.